The fraction of sp³-hybridized carbons (Fsp3) is 0.385. The first-order valence-electron chi connectivity index (χ1n) is 5.89. The summed E-state index contributed by atoms with van der Waals surface area (Å²) >= 11 is 5.76. The molecule has 0 saturated heterocycles. The van der Waals surface area contributed by atoms with Gasteiger partial charge in [-0.15, -0.1) is 0 Å². The number of benzene rings is 1. The average molecular weight is 288 g/mol. The van der Waals surface area contributed by atoms with Crippen LogP contribution < -0.4 is 5.32 Å². The highest BCUT2D eigenvalue weighted by Gasteiger charge is 2.17. The molecular weight excluding hydrogens is 273 g/mol. The van der Waals surface area contributed by atoms with E-state index in [1.54, 1.807) is 0 Å². The van der Waals surface area contributed by atoms with Crippen LogP contribution in [0.25, 0.3) is 0 Å². The second-order valence-corrected chi connectivity index (χ2v) is 4.59. The van der Waals surface area contributed by atoms with E-state index in [9.17, 15) is 14.0 Å². The lowest BCUT2D eigenvalue weighted by Gasteiger charge is -2.14. The zero-order valence-electron chi connectivity index (χ0n) is 10.5. The van der Waals surface area contributed by atoms with Crippen molar-refractivity contribution in [1.29, 1.82) is 0 Å². The van der Waals surface area contributed by atoms with Crippen LogP contribution in [0.5, 0.6) is 0 Å². The maximum Gasteiger partial charge on any atom is 0.303 e. The van der Waals surface area contributed by atoms with Crippen LogP contribution in [0.2, 0.25) is 5.02 Å². The molecule has 0 heterocycles. The molecule has 19 heavy (non-hydrogen) atoms. The van der Waals surface area contributed by atoms with Crippen molar-refractivity contribution in [2.45, 2.75) is 19.8 Å². The molecular formula is C13H15ClFNO3. The third-order valence-electron chi connectivity index (χ3n) is 2.78. The van der Waals surface area contributed by atoms with Crippen molar-refractivity contribution in [1.82, 2.24) is 5.32 Å². The van der Waals surface area contributed by atoms with Crippen molar-refractivity contribution in [3.05, 3.63) is 34.6 Å². The minimum atomic E-state index is -0.926. The van der Waals surface area contributed by atoms with E-state index in [0.717, 1.165) is 6.07 Å². The minimum Gasteiger partial charge on any atom is -0.481 e. The maximum atomic E-state index is 13.5. The van der Waals surface area contributed by atoms with Gasteiger partial charge in [0, 0.05) is 13.0 Å². The molecule has 6 heteroatoms. The predicted octanol–water partition coefficient (Wildman–Crippen LogP) is 2.71. The summed E-state index contributed by atoms with van der Waals surface area (Å²) in [5.41, 5.74) is -0.214. The molecule has 0 aliphatic carbocycles. The Hall–Kier alpha value is -1.62. The molecule has 1 aromatic carbocycles. The highest BCUT2D eigenvalue weighted by Crippen LogP contribution is 2.18. The van der Waals surface area contributed by atoms with E-state index in [1.807, 2.05) is 6.92 Å². The molecule has 0 aromatic heterocycles. The molecule has 1 aromatic rings. The summed E-state index contributed by atoms with van der Waals surface area (Å²) in [7, 11) is 0. The Morgan fingerprint density at radius 2 is 2.16 bits per heavy atom. The summed E-state index contributed by atoms with van der Waals surface area (Å²) < 4.78 is 13.5. The normalized spacial score (nSPS) is 11.9. The Balaban J connectivity index is 2.67. The van der Waals surface area contributed by atoms with E-state index in [0.29, 0.717) is 6.42 Å². The van der Waals surface area contributed by atoms with Crippen LogP contribution in [-0.4, -0.2) is 23.5 Å². The monoisotopic (exact) mass is 287 g/mol. The van der Waals surface area contributed by atoms with Gasteiger partial charge in [0.1, 0.15) is 5.82 Å². The van der Waals surface area contributed by atoms with Crippen LogP contribution in [0.1, 0.15) is 30.1 Å². The fourth-order valence-electron chi connectivity index (χ4n) is 1.65. The smallest absolute Gasteiger partial charge is 0.303 e. The summed E-state index contributed by atoms with van der Waals surface area (Å²) in [6.07, 6.45) is 0.569. The van der Waals surface area contributed by atoms with Gasteiger partial charge in [0.05, 0.1) is 10.6 Å². The molecule has 4 nitrogen and oxygen atoms in total. The van der Waals surface area contributed by atoms with Gasteiger partial charge >= 0.3 is 5.97 Å². The van der Waals surface area contributed by atoms with Crippen molar-refractivity contribution in [2.75, 3.05) is 6.54 Å². The van der Waals surface area contributed by atoms with Gasteiger partial charge in [-0.05, 0) is 18.1 Å². The van der Waals surface area contributed by atoms with Gasteiger partial charge in [0.15, 0.2) is 0 Å². The lowest BCUT2D eigenvalue weighted by molar-refractivity contribution is -0.138. The molecule has 1 amide bonds. The number of nitrogens with one attached hydrogen (secondary N) is 1. The molecule has 0 aliphatic rings. The Bertz CT molecular complexity index is 459. The largest absolute Gasteiger partial charge is 0.481 e. The molecule has 104 valence electrons. The van der Waals surface area contributed by atoms with Crippen LogP contribution >= 0.6 is 11.6 Å². The number of hydrogen-bond acceptors (Lipinski definition) is 2. The lowest BCUT2D eigenvalue weighted by Crippen LogP contribution is -2.31. The first-order valence-corrected chi connectivity index (χ1v) is 6.27. The third kappa shape index (κ3) is 4.52. The van der Waals surface area contributed by atoms with Gasteiger partial charge in [-0.25, -0.2) is 4.39 Å². The lowest BCUT2D eigenvalue weighted by atomic mass is 10.0. The summed E-state index contributed by atoms with van der Waals surface area (Å²) in [5, 5.41) is 11.2. The highest BCUT2D eigenvalue weighted by atomic mass is 35.5. The quantitative estimate of drug-likeness (QED) is 0.845. The van der Waals surface area contributed by atoms with Gasteiger partial charge in [-0.1, -0.05) is 31.0 Å². The first kappa shape index (κ1) is 15.4. The van der Waals surface area contributed by atoms with Crippen molar-refractivity contribution < 1.29 is 19.1 Å². The number of amides is 1. The molecule has 1 rings (SSSR count). The van der Waals surface area contributed by atoms with Crippen LogP contribution in [0, 0.1) is 11.7 Å². The SMILES string of the molecule is CCC(CNC(=O)c1c(F)cccc1Cl)CC(=O)O. The standard InChI is InChI=1S/C13H15ClFNO3/c1-2-8(6-11(17)18)7-16-13(19)12-9(14)4-3-5-10(12)15/h3-5,8H,2,6-7H2,1H3,(H,16,19)(H,17,18). The van der Waals surface area contributed by atoms with E-state index >= 15 is 0 Å². The number of hydrogen-bond donors (Lipinski definition) is 2. The summed E-state index contributed by atoms with van der Waals surface area (Å²) in [6.45, 7) is 2.00. The van der Waals surface area contributed by atoms with E-state index in [-0.39, 0.29) is 29.5 Å². The van der Waals surface area contributed by atoms with E-state index in [2.05, 4.69) is 5.32 Å². The van der Waals surface area contributed by atoms with Crippen molar-refractivity contribution in [3.8, 4) is 0 Å². The van der Waals surface area contributed by atoms with Crippen LogP contribution in [0.4, 0.5) is 4.39 Å². The molecule has 2 N–H and O–H groups in total. The average Bonchev–Trinajstić information content (AvgIpc) is 2.33. The number of rotatable bonds is 6. The predicted molar refractivity (Wildman–Crippen MR) is 69.8 cm³/mol. The van der Waals surface area contributed by atoms with Crippen molar-refractivity contribution in [3.63, 3.8) is 0 Å². The van der Waals surface area contributed by atoms with Crippen LogP contribution in [0.3, 0.4) is 0 Å². The van der Waals surface area contributed by atoms with Crippen molar-refractivity contribution >= 4 is 23.5 Å². The fourth-order valence-corrected chi connectivity index (χ4v) is 1.90. The molecule has 0 aliphatic heterocycles. The molecule has 0 spiro atoms. The number of carboxylic acid groups (broad SMARTS) is 1. The molecule has 1 unspecified atom stereocenters. The highest BCUT2D eigenvalue weighted by molar-refractivity contribution is 6.33. The van der Waals surface area contributed by atoms with E-state index in [1.165, 1.54) is 12.1 Å². The number of aliphatic carboxylic acids is 1. The van der Waals surface area contributed by atoms with E-state index < -0.39 is 17.7 Å². The van der Waals surface area contributed by atoms with Gasteiger partial charge in [0.25, 0.3) is 5.91 Å². The Morgan fingerprint density at radius 3 is 2.68 bits per heavy atom. The van der Waals surface area contributed by atoms with Gasteiger partial charge in [-0.2, -0.15) is 0 Å². The Labute approximate surface area is 115 Å². The summed E-state index contributed by atoms with van der Waals surface area (Å²) in [4.78, 5) is 22.4. The zero-order chi connectivity index (χ0) is 14.4. The maximum absolute atomic E-state index is 13.5. The Morgan fingerprint density at radius 1 is 1.47 bits per heavy atom. The summed E-state index contributed by atoms with van der Waals surface area (Å²) in [5.74, 6) is -2.44. The topological polar surface area (TPSA) is 66.4 Å². The van der Waals surface area contributed by atoms with Gasteiger partial charge < -0.3 is 10.4 Å². The number of carbonyl (C=O) groups is 2. The van der Waals surface area contributed by atoms with Gasteiger partial charge in [0.2, 0.25) is 0 Å². The molecule has 0 bridgehead atoms. The van der Waals surface area contributed by atoms with Crippen molar-refractivity contribution in [2.24, 2.45) is 5.92 Å². The first-order chi connectivity index (χ1) is 8.95. The number of carbonyl (C=O) groups excluding carboxylic acids is 1. The van der Waals surface area contributed by atoms with Crippen LogP contribution in [0.15, 0.2) is 18.2 Å². The number of halogens is 2. The number of carboxylic acids is 1. The molecule has 0 fully saturated rings. The summed E-state index contributed by atoms with van der Waals surface area (Å²) in [6, 6.07) is 3.98. The minimum absolute atomic E-state index is 0.0313. The second kappa shape index (κ2) is 7.09. The van der Waals surface area contributed by atoms with E-state index in [4.69, 9.17) is 16.7 Å². The zero-order valence-corrected chi connectivity index (χ0v) is 11.2. The molecule has 1 atom stereocenters. The molecule has 0 radical (unpaired) electrons. The second-order valence-electron chi connectivity index (χ2n) is 4.18. The third-order valence-corrected chi connectivity index (χ3v) is 3.10. The van der Waals surface area contributed by atoms with Gasteiger partial charge in [-0.3, -0.25) is 9.59 Å². The van der Waals surface area contributed by atoms with Crippen LogP contribution in [-0.2, 0) is 4.79 Å². The molecule has 0 saturated carbocycles. The Kier molecular flexibility index (Phi) is 5.76.